The van der Waals surface area contributed by atoms with Crippen LogP contribution in [0.1, 0.15) is 10.4 Å². The van der Waals surface area contributed by atoms with Gasteiger partial charge in [0.1, 0.15) is 5.82 Å². The van der Waals surface area contributed by atoms with E-state index >= 15 is 0 Å². The van der Waals surface area contributed by atoms with Crippen molar-refractivity contribution in [3.8, 4) is 5.75 Å². The number of hydrogen-bond donors (Lipinski definition) is 3. The standard InChI is InChI=1S/C13H10BrFN2O2/c14-8-2-1-3-11(12(8)18)17-13(19)7-4-5-10(16)9(15)6-7/h1-6,18H,16H2,(H,17,19). The van der Waals surface area contributed by atoms with Gasteiger partial charge in [-0.15, -0.1) is 0 Å². The van der Waals surface area contributed by atoms with E-state index in [9.17, 15) is 14.3 Å². The Labute approximate surface area is 117 Å². The van der Waals surface area contributed by atoms with E-state index in [0.717, 1.165) is 6.07 Å². The third-order valence-electron chi connectivity index (χ3n) is 2.50. The van der Waals surface area contributed by atoms with Gasteiger partial charge in [0, 0.05) is 5.56 Å². The lowest BCUT2D eigenvalue weighted by Gasteiger charge is -2.08. The Morgan fingerprint density at radius 2 is 2.05 bits per heavy atom. The molecule has 1 amide bonds. The summed E-state index contributed by atoms with van der Waals surface area (Å²) >= 11 is 3.14. The number of anilines is 2. The fraction of sp³-hybridized carbons (Fsp3) is 0. The lowest BCUT2D eigenvalue weighted by molar-refractivity contribution is 0.102. The maximum absolute atomic E-state index is 13.3. The number of benzene rings is 2. The fourth-order valence-electron chi connectivity index (χ4n) is 1.48. The molecule has 0 aliphatic rings. The quantitative estimate of drug-likeness (QED) is 0.586. The van der Waals surface area contributed by atoms with E-state index in [1.807, 2.05) is 0 Å². The number of halogens is 2. The molecule has 0 heterocycles. The largest absolute Gasteiger partial charge is 0.505 e. The van der Waals surface area contributed by atoms with Crippen molar-refractivity contribution >= 4 is 33.2 Å². The summed E-state index contributed by atoms with van der Waals surface area (Å²) < 4.78 is 13.7. The molecule has 19 heavy (non-hydrogen) atoms. The highest BCUT2D eigenvalue weighted by Crippen LogP contribution is 2.31. The van der Waals surface area contributed by atoms with Crippen LogP contribution in [0.4, 0.5) is 15.8 Å². The van der Waals surface area contributed by atoms with Gasteiger partial charge in [0.05, 0.1) is 15.8 Å². The fourth-order valence-corrected chi connectivity index (χ4v) is 1.85. The Morgan fingerprint density at radius 3 is 2.74 bits per heavy atom. The van der Waals surface area contributed by atoms with E-state index < -0.39 is 11.7 Å². The van der Waals surface area contributed by atoms with Crippen molar-refractivity contribution in [3.05, 3.63) is 52.3 Å². The second-order valence-electron chi connectivity index (χ2n) is 3.83. The Balaban J connectivity index is 2.26. The number of aromatic hydroxyl groups is 1. The summed E-state index contributed by atoms with van der Waals surface area (Å²) in [7, 11) is 0. The number of carbonyl (C=O) groups excluding carboxylic acids is 1. The topological polar surface area (TPSA) is 75.4 Å². The highest BCUT2D eigenvalue weighted by atomic mass is 79.9. The first kappa shape index (κ1) is 13.4. The molecule has 0 fully saturated rings. The van der Waals surface area contributed by atoms with Crippen LogP contribution < -0.4 is 11.1 Å². The first-order valence-corrected chi connectivity index (χ1v) is 6.12. The van der Waals surface area contributed by atoms with Crippen LogP contribution in [0.25, 0.3) is 0 Å². The van der Waals surface area contributed by atoms with Crippen LogP contribution in [0, 0.1) is 5.82 Å². The Morgan fingerprint density at radius 1 is 1.32 bits per heavy atom. The molecule has 0 unspecified atom stereocenters. The molecular formula is C13H10BrFN2O2. The van der Waals surface area contributed by atoms with Crippen molar-refractivity contribution < 1.29 is 14.3 Å². The Kier molecular flexibility index (Phi) is 3.71. The minimum atomic E-state index is -0.661. The summed E-state index contributed by atoms with van der Waals surface area (Å²) in [5.41, 5.74) is 5.66. The summed E-state index contributed by atoms with van der Waals surface area (Å²) in [5, 5.41) is 12.2. The van der Waals surface area contributed by atoms with Gasteiger partial charge in [-0.05, 0) is 46.3 Å². The minimum Gasteiger partial charge on any atom is -0.505 e. The molecule has 0 atom stereocenters. The number of amides is 1. The molecule has 2 rings (SSSR count). The third-order valence-corrected chi connectivity index (χ3v) is 3.14. The van der Waals surface area contributed by atoms with Crippen molar-refractivity contribution in [1.29, 1.82) is 0 Å². The van der Waals surface area contributed by atoms with Crippen molar-refractivity contribution in [3.63, 3.8) is 0 Å². The molecule has 0 radical (unpaired) electrons. The molecule has 0 spiro atoms. The number of carbonyl (C=O) groups is 1. The second kappa shape index (κ2) is 5.27. The summed E-state index contributed by atoms with van der Waals surface area (Å²) in [6.45, 7) is 0. The average Bonchev–Trinajstić information content (AvgIpc) is 2.38. The molecular weight excluding hydrogens is 315 g/mol. The van der Waals surface area contributed by atoms with E-state index in [1.54, 1.807) is 12.1 Å². The van der Waals surface area contributed by atoms with E-state index in [0.29, 0.717) is 4.47 Å². The van der Waals surface area contributed by atoms with Crippen LogP contribution in [0.5, 0.6) is 5.75 Å². The molecule has 0 aliphatic heterocycles. The zero-order chi connectivity index (χ0) is 14.0. The van der Waals surface area contributed by atoms with Crippen LogP contribution in [0.2, 0.25) is 0 Å². The second-order valence-corrected chi connectivity index (χ2v) is 4.68. The highest BCUT2D eigenvalue weighted by Gasteiger charge is 2.12. The number of nitrogens with two attached hydrogens (primary N) is 1. The van der Waals surface area contributed by atoms with E-state index in [1.165, 1.54) is 18.2 Å². The summed E-state index contributed by atoms with van der Waals surface area (Å²) in [5.74, 6) is -1.29. The lowest BCUT2D eigenvalue weighted by Crippen LogP contribution is -2.12. The molecule has 4 N–H and O–H groups in total. The molecule has 4 nitrogen and oxygen atoms in total. The van der Waals surface area contributed by atoms with E-state index in [2.05, 4.69) is 21.2 Å². The molecule has 2 aromatic carbocycles. The summed E-state index contributed by atoms with van der Waals surface area (Å²) in [4.78, 5) is 11.9. The van der Waals surface area contributed by atoms with Gasteiger partial charge >= 0.3 is 0 Å². The van der Waals surface area contributed by atoms with Crippen LogP contribution >= 0.6 is 15.9 Å². The van der Waals surface area contributed by atoms with Gasteiger partial charge in [0.15, 0.2) is 5.75 Å². The molecule has 0 saturated heterocycles. The maximum Gasteiger partial charge on any atom is 0.255 e. The van der Waals surface area contributed by atoms with Crippen LogP contribution in [-0.4, -0.2) is 11.0 Å². The van der Waals surface area contributed by atoms with Crippen molar-refractivity contribution in [1.82, 2.24) is 0 Å². The first-order chi connectivity index (χ1) is 8.99. The van der Waals surface area contributed by atoms with Gasteiger partial charge in [0.2, 0.25) is 0 Å². The smallest absolute Gasteiger partial charge is 0.255 e. The van der Waals surface area contributed by atoms with Crippen molar-refractivity contribution in [2.45, 2.75) is 0 Å². The zero-order valence-corrected chi connectivity index (χ0v) is 11.2. The summed E-state index contributed by atoms with van der Waals surface area (Å²) in [6.07, 6.45) is 0. The van der Waals surface area contributed by atoms with Crippen LogP contribution in [0.3, 0.4) is 0 Å². The van der Waals surface area contributed by atoms with E-state index in [-0.39, 0.29) is 22.7 Å². The number of phenols is 1. The summed E-state index contributed by atoms with van der Waals surface area (Å²) in [6, 6.07) is 8.58. The molecule has 0 aliphatic carbocycles. The van der Waals surface area contributed by atoms with Crippen molar-refractivity contribution in [2.24, 2.45) is 0 Å². The number of hydrogen-bond acceptors (Lipinski definition) is 3. The minimum absolute atomic E-state index is 0.0261. The third kappa shape index (κ3) is 2.85. The van der Waals surface area contributed by atoms with Gasteiger partial charge in [-0.2, -0.15) is 0 Å². The van der Waals surface area contributed by atoms with Crippen LogP contribution in [0.15, 0.2) is 40.9 Å². The first-order valence-electron chi connectivity index (χ1n) is 5.33. The molecule has 0 bridgehead atoms. The lowest BCUT2D eigenvalue weighted by atomic mass is 10.2. The SMILES string of the molecule is Nc1ccc(C(=O)Nc2cccc(Br)c2O)cc1F. The maximum atomic E-state index is 13.3. The zero-order valence-electron chi connectivity index (χ0n) is 9.65. The molecule has 98 valence electrons. The van der Waals surface area contributed by atoms with Gasteiger partial charge in [-0.25, -0.2) is 4.39 Å². The number of nitrogens with one attached hydrogen (secondary N) is 1. The number of para-hydroxylation sites is 1. The monoisotopic (exact) mass is 324 g/mol. The normalized spacial score (nSPS) is 10.2. The van der Waals surface area contributed by atoms with Gasteiger partial charge in [0.25, 0.3) is 5.91 Å². The number of rotatable bonds is 2. The number of nitrogen functional groups attached to an aromatic ring is 1. The molecule has 0 saturated carbocycles. The molecule has 0 aromatic heterocycles. The van der Waals surface area contributed by atoms with E-state index in [4.69, 9.17) is 5.73 Å². The number of phenolic OH excluding ortho intramolecular Hbond substituents is 1. The highest BCUT2D eigenvalue weighted by molar-refractivity contribution is 9.10. The average molecular weight is 325 g/mol. The van der Waals surface area contributed by atoms with Gasteiger partial charge < -0.3 is 16.2 Å². The predicted octanol–water partition coefficient (Wildman–Crippen LogP) is 3.13. The molecule has 2 aromatic rings. The molecule has 6 heteroatoms. The van der Waals surface area contributed by atoms with Gasteiger partial charge in [-0.3, -0.25) is 4.79 Å². The van der Waals surface area contributed by atoms with Crippen LogP contribution in [-0.2, 0) is 0 Å². The van der Waals surface area contributed by atoms with Crippen molar-refractivity contribution in [2.75, 3.05) is 11.1 Å². The predicted molar refractivity (Wildman–Crippen MR) is 74.6 cm³/mol. The van der Waals surface area contributed by atoms with Gasteiger partial charge in [-0.1, -0.05) is 6.07 Å². The Bertz CT molecular complexity index is 647. The Hall–Kier alpha value is -2.08.